The van der Waals surface area contributed by atoms with Gasteiger partial charge in [-0.1, -0.05) is 49.4 Å². The molecule has 2 fully saturated rings. The zero-order chi connectivity index (χ0) is 24.3. The maximum absolute atomic E-state index is 13.1. The number of nitriles is 1. The van der Waals surface area contributed by atoms with Crippen molar-refractivity contribution in [2.24, 2.45) is 5.92 Å². The molecule has 184 valence electrons. The minimum absolute atomic E-state index is 0.00400. The van der Waals surface area contributed by atoms with Crippen LogP contribution in [0.25, 0.3) is 0 Å². The fourth-order valence-corrected chi connectivity index (χ4v) is 7.09. The predicted molar refractivity (Wildman–Crippen MR) is 133 cm³/mol. The molecule has 1 aromatic heterocycles. The molecule has 0 N–H and O–H groups in total. The van der Waals surface area contributed by atoms with Crippen molar-refractivity contribution >= 4 is 39.1 Å². The number of piperazine rings is 1. The Morgan fingerprint density at radius 3 is 2.50 bits per heavy atom. The fraction of sp³-hybridized carbons (Fsp3) is 0.583. The number of hydrogen-bond donors (Lipinski definition) is 0. The lowest BCUT2D eigenvalue weighted by atomic mass is 9.80. The zero-order valence-corrected chi connectivity index (χ0v) is 21.7. The van der Waals surface area contributed by atoms with Gasteiger partial charge in [0.1, 0.15) is 11.0 Å². The van der Waals surface area contributed by atoms with E-state index in [1.807, 2.05) is 4.90 Å². The van der Waals surface area contributed by atoms with Crippen LogP contribution in [0.2, 0.25) is 10.0 Å². The van der Waals surface area contributed by atoms with Gasteiger partial charge in [0.05, 0.1) is 5.02 Å². The van der Waals surface area contributed by atoms with Crippen LogP contribution in [0.4, 0.5) is 5.88 Å². The van der Waals surface area contributed by atoms with Crippen molar-refractivity contribution in [2.45, 2.75) is 62.7 Å². The number of sulfonamides is 1. The molecule has 34 heavy (non-hydrogen) atoms. The molecular weight excluding hydrogens is 495 g/mol. The molecule has 4 rings (SSSR count). The van der Waals surface area contributed by atoms with Crippen LogP contribution in [0, 0.1) is 17.2 Å². The van der Waals surface area contributed by atoms with Crippen LogP contribution in [0.15, 0.2) is 27.5 Å². The topological polar surface area (TPSA) is 90.4 Å². The minimum atomic E-state index is -3.78. The van der Waals surface area contributed by atoms with E-state index in [2.05, 4.69) is 18.0 Å². The summed E-state index contributed by atoms with van der Waals surface area (Å²) in [5.41, 5.74) is 0.275. The van der Waals surface area contributed by atoms with Crippen LogP contribution in [-0.4, -0.2) is 43.9 Å². The Morgan fingerprint density at radius 2 is 1.85 bits per heavy atom. The lowest BCUT2D eigenvalue weighted by Crippen LogP contribution is -2.48. The molecular formula is C24H30Cl2N4O3S. The average molecular weight is 526 g/mol. The summed E-state index contributed by atoms with van der Waals surface area (Å²) in [6.45, 7) is 3.50. The second-order valence-corrected chi connectivity index (χ2v) is 11.9. The molecule has 1 saturated heterocycles. The van der Waals surface area contributed by atoms with Gasteiger partial charge in [-0.05, 0) is 49.8 Å². The molecule has 0 amide bonds. The minimum Gasteiger partial charge on any atom is -0.423 e. The van der Waals surface area contributed by atoms with Gasteiger partial charge < -0.3 is 9.32 Å². The summed E-state index contributed by atoms with van der Waals surface area (Å²) in [5.74, 6) is 2.11. The van der Waals surface area contributed by atoms with E-state index < -0.39 is 10.0 Å². The molecule has 2 aliphatic rings. The van der Waals surface area contributed by atoms with Crippen molar-refractivity contribution in [3.05, 3.63) is 39.8 Å². The molecule has 0 atom stereocenters. The van der Waals surface area contributed by atoms with Crippen LogP contribution >= 0.6 is 23.2 Å². The first-order valence-corrected chi connectivity index (χ1v) is 14.1. The zero-order valence-electron chi connectivity index (χ0n) is 19.3. The molecule has 1 saturated carbocycles. The normalized spacial score (nSPS) is 22.0. The number of rotatable bonds is 7. The van der Waals surface area contributed by atoms with Gasteiger partial charge in [-0.25, -0.2) is 13.4 Å². The largest absolute Gasteiger partial charge is 0.423 e. The summed E-state index contributed by atoms with van der Waals surface area (Å²) in [4.78, 5) is 6.43. The van der Waals surface area contributed by atoms with Crippen LogP contribution in [0.5, 0.6) is 0 Å². The van der Waals surface area contributed by atoms with Gasteiger partial charge in [-0.15, -0.1) is 0 Å². The Morgan fingerprint density at radius 1 is 1.15 bits per heavy atom. The first kappa shape index (κ1) is 25.3. The molecule has 1 aliphatic heterocycles. The Bertz CT molecular complexity index is 1150. The Kier molecular flexibility index (Phi) is 8.08. The number of aromatic nitrogens is 1. The first-order chi connectivity index (χ1) is 16.3. The molecule has 0 unspecified atom stereocenters. The number of halogens is 2. The van der Waals surface area contributed by atoms with Crippen molar-refractivity contribution < 1.29 is 12.8 Å². The van der Waals surface area contributed by atoms with E-state index in [1.165, 1.54) is 48.5 Å². The molecule has 1 aliphatic carbocycles. The third-order valence-corrected chi connectivity index (χ3v) is 9.55. The van der Waals surface area contributed by atoms with Crippen molar-refractivity contribution in [3.8, 4) is 6.07 Å². The summed E-state index contributed by atoms with van der Waals surface area (Å²) in [5, 5.41) is 10.1. The summed E-state index contributed by atoms with van der Waals surface area (Å²) in [6.07, 6.45) is 8.21. The van der Waals surface area contributed by atoms with E-state index in [4.69, 9.17) is 27.6 Å². The van der Waals surface area contributed by atoms with Crippen molar-refractivity contribution in [2.75, 3.05) is 31.1 Å². The van der Waals surface area contributed by atoms with Gasteiger partial charge in [-0.2, -0.15) is 9.57 Å². The van der Waals surface area contributed by atoms with Crippen LogP contribution in [0.1, 0.15) is 69.4 Å². The summed E-state index contributed by atoms with van der Waals surface area (Å²) in [6, 6.07) is 6.58. The maximum atomic E-state index is 13.1. The lowest BCUT2D eigenvalue weighted by Gasteiger charge is -2.34. The average Bonchev–Trinajstić information content (AvgIpc) is 3.29. The van der Waals surface area contributed by atoms with Crippen LogP contribution in [-0.2, 0) is 10.0 Å². The number of unbranched alkanes of at least 4 members (excludes halogenated alkanes) is 1. The van der Waals surface area contributed by atoms with Gasteiger partial charge in [-0.3, -0.25) is 0 Å². The molecule has 0 bridgehead atoms. The van der Waals surface area contributed by atoms with Crippen molar-refractivity contribution in [3.63, 3.8) is 0 Å². The van der Waals surface area contributed by atoms with E-state index in [9.17, 15) is 13.7 Å². The number of oxazole rings is 1. The highest BCUT2D eigenvalue weighted by Crippen LogP contribution is 2.39. The smallest absolute Gasteiger partial charge is 0.244 e. The highest BCUT2D eigenvalue weighted by molar-refractivity contribution is 7.89. The molecule has 0 radical (unpaired) electrons. The fourth-order valence-electron chi connectivity index (χ4n) is 4.93. The van der Waals surface area contributed by atoms with Gasteiger partial charge in [0, 0.05) is 37.1 Å². The highest BCUT2D eigenvalue weighted by atomic mass is 35.5. The molecule has 7 nitrogen and oxygen atoms in total. The third kappa shape index (κ3) is 5.38. The Hall–Kier alpha value is -1.79. The summed E-state index contributed by atoms with van der Waals surface area (Å²) >= 11 is 12.1. The number of anilines is 1. The second-order valence-electron chi connectivity index (χ2n) is 9.14. The van der Waals surface area contributed by atoms with Crippen LogP contribution in [0.3, 0.4) is 0 Å². The number of nitrogens with zero attached hydrogens (tertiary/aromatic N) is 4. The monoisotopic (exact) mass is 524 g/mol. The van der Waals surface area contributed by atoms with Gasteiger partial charge in [0.15, 0.2) is 0 Å². The summed E-state index contributed by atoms with van der Waals surface area (Å²) < 4.78 is 33.7. The van der Waals surface area contributed by atoms with Gasteiger partial charge >= 0.3 is 0 Å². The van der Waals surface area contributed by atoms with Crippen molar-refractivity contribution in [1.82, 2.24) is 9.29 Å². The number of hydrogen-bond acceptors (Lipinski definition) is 6. The highest BCUT2D eigenvalue weighted by Gasteiger charge is 2.33. The summed E-state index contributed by atoms with van der Waals surface area (Å²) in [7, 11) is -3.78. The molecule has 0 spiro atoms. The standard InChI is InChI=1S/C24H30Cl2N4O3S/c1-2-3-4-17-5-7-18(8-6-17)23-28-21(16-27)24(33-23)29-11-13-30(14-12-29)34(31,32)22-15-19(25)9-10-20(22)26/h9-10,15,17-18H,2-8,11-14H2,1H3. The Labute approximate surface area is 211 Å². The van der Waals surface area contributed by atoms with E-state index in [0.29, 0.717) is 29.9 Å². The van der Waals surface area contributed by atoms with E-state index in [0.717, 1.165) is 18.8 Å². The van der Waals surface area contributed by atoms with Gasteiger partial charge in [0.25, 0.3) is 0 Å². The first-order valence-electron chi connectivity index (χ1n) is 11.9. The molecule has 2 aromatic rings. The number of benzene rings is 1. The molecule has 10 heteroatoms. The molecule has 1 aromatic carbocycles. The SMILES string of the molecule is CCCCC1CCC(c2nc(C#N)c(N3CCN(S(=O)(=O)c4cc(Cl)ccc4Cl)CC3)o2)CC1. The third-order valence-electron chi connectivity index (χ3n) is 6.93. The predicted octanol–water partition coefficient (Wildman–Crippen LogP) is 5.83. The maximum Gasteiger partial charge on any atom is 0.244 e. The second kappa shape index (κ2) is 10.9. The van der Waals surface area contributed by atoms with Crippen molar-refractivity contribution in [1.29, 1.82) is 5.26 Å². The van der Waals surface area contributed by atoms with E-state index in [-0.39, 0.29) is 34.6 Å². The van der Waals surface area contributed by atoms with Crippen LogP contribution < -0.4 is 4.90 Å². The Balaban J connectivity index is 1.42. The van der Waals surface area contributed by atoms with E-state index in [1.54, 1.807) is 6.07 Å². The van der Waals surface area contributed by atoms with Gasteiger partial charge in [0.2, 0.25) is 27.5 Å². The molecule has 2 heterocycles. The van der Waals surface area contributed by atoms with E-state index >= 15 is 0 Å². The lowest BCUT2D eigenvalue weighted by molar-refractivity contribution is 0.276. The quantitative estimate of drug-likeness (QED) is 0.452.